The zero-order valence-electron chi connectivity index (χ0n) is 6.92. The van der Waals surface area contributed by atoms with Crippen molar-refractivity contribution in [3.05, 3.63) is 22.4 Å². The van der Waals surface area contributed by atoms with E-state index in [9.17, 15) is 0 Å². The van der Waals surface area contributed by atoms with Crippen LogP contribution in [0.15, 0.2) is 22.5 Å². The van der Waals surface area contributed by atoms with E-state index < -0.39 is 0 Å². The summed E-state index contributed by atoms with van der Waals surface area (Å²) in [5.74, 6) is 1.16. The summed E-state index contributed by atoms with van der Waals surface area (Å²) in [6.45, 7) is 2.08. The Morgan fingerprint density at radius 1 is 1.58 bits per heavy atom. The van der Waals surface area contributed by atoms with Gasteiger partial charge < -0.3 is 5.32 Å². The van der Waals surface area contributed by atoms with Gasteiger partial charge in [0.1, 0.15) is 5.84 Å². The van der Waals surface area contributed by atoms with Crippen molar-refractivity contribution in [2.24, 2.45) is 4.99 Å². The van der Waals surface area contributed by atoms with Crippen LogP contribution in [0.4, 0.5) is 0 Å². The Balaban J connectivity index is 1.98. The first-order chi connectivity index (χ1) is 5.95. The van der Waals surface area contributed by atoms with E-state index in [0.29, 0.717) is 0 Å². The van der Waals surface area contributed by atoms with E-state index >= 15 is 0 Å². The Morgan fingerprint density at radius 3 is 3.25 bits per heavy atom. The summed E-state index contributed by atoms with van der Waals surface area (Å²) in [7, 11) is 0. The highest BCUT2D eigenvalue weighted by Gasteiger charge is 2.04. The molecule has 0 fully saturated rings. The molecule has 12 heavy (non-hydrogen) atoms. The van der Waals surface area contributed by atoms with Gasteiger partial charge in [-0.25, -0.2) is 0 Å². The molecule has 0 aromatic carbocycles. The van der Waals surface area contributed by atoms with Gasteiger partial charge in [-0.1, -0.05) is 6.07 Å². The Morgan fingerprint density at radius 2 is 2.58 bits per heavy atom. The molecule has 0 spiro atoms. The van der Waals surface area contributed by atoms with Crippen LogP contribution >= 0.6 is 11.3 Å². The highest BCUT2D eigenvalue weighted by atomic mass is 32.1. The molecule has 0 saturated carbocycles. The van der Waals surface area contributed by atoms with Gasteiger partial charge >= 0.3 is 0 Å². The third-order valence-corrected chi connectivity index (χ3v) is 2.76. The normalized spacial score (nSPS) is 16.8. The van der Waals surface area contributed by atoms with Gasteiger partial charge in [-0.15, -0.1) is 11.3 Å². The molecular formula is C9H12N2S. The van der Waals surface area contributed by atoms with E-state index in [-0.39, 0.29) is 0 Å². The molecule has 0 atom stereocenters. The second-order valence-corrected chi connectivity index (χ2v) is 3.90. The molecule has 0 amide bonds. The van der Waals surface area contributed by atoms with E-state index in [1.807, 2.05) is 0 Å². The lowest BCUT2D eigenvalue weighted by molar-refractivity contribution is 0.732. The molecule has 0 radical (unpaired) electrons. The molecule has 3 heteroatoms. The maximum atomic E-state index is 4.42. The summed E-state index contributed by atoms with van der Waals surface area (Å²) in [6.07, 6.45) is 2.16. The number of rotatable bonds is 2. The van der Waals surface area contributed by atoms with Crippen LogP contribution in [-0.2, 0) is 6.42 Å². The molecule has 0 saturated heterocycles. The summed E-state index contributed by atoms with van der Waals surface area (Å²) in [5.41, 5.74) is 0. The third-order valence-electron chi connectivity index (χ3n) is 1.89. The molecule has 2 heterocycles. The molecule has 0 bridgehead atoms. The van der Waals surface area contributed by atoms with Gasteiger partial charge in [0.15, 0.2) is 0 Å². The minimum absolute atomic E-state index is 0.984. The van der Waals surface area contributed by atoms with E-state index in [2.05, 4.69) is 27.8 Å². The largest absolute Gasteiger partial charge is 0.373 e. The third kappa shape index (κ3) is 1.85. The van der Waals surface area contributed by atoms with Crippen molar-refractivity contribution < 1.29 is 0 Å². The molecule has 1 aliphatic heterocycles. The molecule has 64 valence electrons. The lowest BCUT2D eigenvalue weighted by atomic mass is 10.3. The van der Waals surface area contributed by atoms with Crippen LogP contribution in [0.25, 0.3) is 0 Å². The molecule has 2 rings (SSSR count). The maximum absolute atomic E-state index is 4.42. The minimum Gasteiger partial charge on any atom is -0.373 e. The van der Waals surface area contributed by atoms with Gasteiger partial charge in [0.25, 0.3) is 0 Å². The average Bonchev–Trinajstić information content (AvgIpc) is 2.59. The monoisotopic (exact) mass is 180 g/mol. The average molecular weight is 180 g/mol. The van der Waals surface area contributed by atoms with Crippen molar-refractivity contribution in [3.63, 3.8) is 0 Å². The van der Waals surface area contributed by atoms with Crippen LogP contribution in [0.2, 0.25) is 0 Å². The molecule has 1 N–H and O–H groups in total. The molecule has 1 aliphatic rings. The second kappa shape index (κ2) is 3.72. The van der Waals surface area contributed by atoms with Gasteiger partial charge in [0, 0.05) is 24.4 Å². The van der Waals surface area contributed by atoms with Crippen LogP contribution in [0.1, 0.15) is 11.3 Å². The zero-order valence-corrected chi connectivity index (χ0v) is 7.73. The van der Waals surface area contributed by atoms with Crippen molar-refractivity contribution in [1.82, 2.24) is 5.32 Å². The first-order valence-corrected chi connectivity index (χ1v) is 5.13. The molecule has 1 aromatic rings. The molecule has 0 aliphatic carbocycles. The number of nitrogens with zero attached hydrogens (tertiary/aromatic N) is 1. The first kappa shape index (κ1) is 7.80. The van der Waals surface area contributed by atoms with Crippen LogP contribution in [0, 0.1) is 0 Å². The highest BCUT2D eigenvalue weighted by Crippen LogP contribution is 2.09. The van der Waals surface area contributed by atoms with Gasteiger partial charge in [0.05, 0.1) is 0 Å². The zero-order chi connectivity index (χ0) is 8.23. The number of hydrogen-bond donors (Lipinski definition) is 1. The number of thiophene rings is 1. The van der Waals surface area contributed by atoms with Crippen molar-refractivity contribution in [2.45, 2.75) is 12.8 Å². The summed E-state index contributed by atoms with van der Waals surface area (Å²) >= 11 is 1.80. The summed E-state index contributed by atoms with van der Waals surface area (Å²) in [5, 5.41) is 5.42. The number of nitrogens with one attached hydrogen (secondary N) is 1. The predicted molar refractivity (Wildman–Crippen MR) is 52.9 cm³/mol. The fourth-order valence-corrected chi connectivity index (χ4v) is 1.99. The number of aliphatic imine (C=N–C) groups is 1. The Hall–Kier alpha value is -0.830. The topological polar surface area (TPSA) is 24.4 Å². The van der Waals surface area contributed by atoms with E-state index in [1.54, 1.807) is 11.3 Å². The smallest absolute Gasteiger partial charge is 0.102 e. The molecule has 2 nitrogen and oxygen atoms in total. The van der Waals surface area contributed by atoms with Crippen molar-refractivity contribution in [1.29, 1.82) is 0 Å². The first-order valence-electron chi connectivity index (χ1n) is 4.25. The van der Waals surface area contributed by atoms with E-state index in [4.69, 9.17) is 0 Å². The lowest BCUT2D eigenvalue weighted by Crippen LogP contribution is -2.30. The summed E-state index contributed by atoms with van der Waals surface area (Å²) in [6, 6.07) is 4.24. The quantitative estimate of drug-likeness (QED) is 0.735. The van der Waals surface area contributed by atoms with Gasteiger partial charge in [-0.3, -0.25) is 4.99 Å². The molecule has 0 unspecified atom stereocenters. The lowest BCUT2D eigenvalue weighted by Gasteiger charge is -2.13. The maximum Gasteiger partial charge on any atom is 0.102 e. The standard InChI is InChI=1S/C9H12N2S/c1-3-8(12-6-1)7-9-10-4-2-5-11-9/h1,3,6H,2,4-5,7H2,(H,10,11). The minimum atomic E-state index is 0.984. The SMILES string of the molecule is c1csc(CC2=NCCCN2)c1. The van der Waals surface area contributed by atoms with Crippen molar-refractivity contribution >= 4 is 17.2 Å². The Labute approximate surface area is 76.3 Å². The van der Waals surface area contributed by atoms with Gasteiger partial charge in [0.2, 0.25) is 0 Å². The fraction of sp³-hybridized carbons (Fsp3) is 0.444. The van der Waals surface area contributed by atoms with Crippen LogP contribution in [0.3, 0.4) is 0 Å². The van der Waals surface area contributed by atoms with E-state index in [1.165, 1.54) is 11.3 Å². The predicted octanol–water partition coefficient (Wildman–Crippen LogP) is 1.68. The fourth-order valence-electron chi connectivity index (χ4n) is 1.28. The number of amidine groups is 1. The van der Waals surface area contributed by atoms with Crippen LogP contribution in [0.5, 0.6) is 0 Å². The molecule has 1 aromatic heterocycles. The summed E-state index contributed by atoms with van der Waals surface area (Å²) in [4.78, 5) is 5.81. The van der Waals surface area contributed by atoms with E-state index in [0.717, 1.165) is 25.3 Å². The van der Waals surface area contributed by atoms with Crippen LogP contribution in [-0.4, -0.2) is 18.9 Å². The van der Waals surface area contributed by atoms with Crippen molar-refractivity contribution in [3.8, 4) is 0 Å². The second-order valence-electron chi connectivity index (χ2n) is 2.86. The number of hydrogen-bond acceptors (Lipinski definition) is 3. The molecular weight excluding hydrogens is 168 g/mol. The van der Waals surface area contributed by atoms with Gasteiger partial charge in [-0.2, -0.15) is 0 Å². The highest BCUT2D eigenvalue weighted by molar-refractivity contribution is 7.10. The van der Waals surface area contributed by atoms with Gasteiger partial charge in [-0.05, 0) is 17.9 Å². The Kier molecular flexibility index (Phi) is 2.42. The summed E-state index contributed by atoms with van der Waals surface area (Å²) < 4.78 is 0. The van der Waals surface area contributed by atoms with Crippen molar-refractivity contribution in [2.75, 3.05) is 13.1 Å². The Bertz CT molecular complexity index is 264. The van der Waals surface area contributed by atoms with Crippen LogP contribution < -0.4 is 5.32 Å².